The van der Waals surface area contributed by atoms with Crippen molar-refractivity contribution in [1.29, 1.82) is 0 Å². The van der Waals surface area contributed by atoms with Gasteiger partial charge in [-0.15, -0.1) is 0 Å². The van der Waals surface area contributed by atoms with Gasteiger partial charge < -0.3 is 20.2 Å². The van der Waals surface area contributed by atoms with Gasteiger partial charge >= 0.3 is 7.82 Å². The summed E-state index contributed by atoms with van der Waals surface area (Å²) in [5, 5.41) is 13.5. The highest BCUT2D eigenvalue weighted by molar-refractivity contribution is 7.46. The van der Waals surface area contributed by atoms with Crippen molar-refractivity contribution in [2.45, 2.75) is 225 Å². The van der Waals surface area contributed by atoms with Crippen LogP contribution in [0.3, 0.4) is 0 Å². The van der Waals surface area contributed by atoms with Gasteiger partial charge in [-0.3, -0.25) is 9.32 Å². The Kier molecular flexibility index (Phi) is 33.1. The van der Waals surface area contributed by atoms with Crippen LogP contribution in [-0.2, 0) is 13.9 Å². The molecule has 0 fully saturated rings. The number of phosphoric ester groups is 1. The third-order valence-electron chi connectivity index (χ3n) is 9.09. The lowest BCUT2D eigenvalue weighted by Gasteiger charge is -2.24. The van der Waals surface area contributed by atoms with Crippen molar-refractivity contribution in [3.05, 3.63) is 0 Å². The first kappa shape index (κ1) is 44.5. The quantitative estimate of drug-likeness (QED) is 0.0392. The molecule has 0 saturated carbocycles. The van der Waals surface area contributed by atoms with Crippen molar-refractivity contribution in [2.75, 3.05) is 6.61 Å². The summed E-state index contributed by atoms with van der Waals surface area (Å²) < 4.78 is 15.9. The van der Waals surface area contributed by atoms with E-state index in [0.29, 0.717) is 12.8 Å². The fourth-order valence-electron chi connectivity index (χ4n) is 6.11. The second-order valence-electron chi connectivity index (χ2n) is 13.6. The van der Waals surface area contributed by atoms with Crippen molar-refractivity contribution in [1.82, 2.24) is 5.32 Å². The molecule has 0 aromatic rings. The van der Waals surface area contributed by atoms with E-state index < -0.39 is 26.6 Å². The van der Waals surface area contributed by atoms with E-state index in [4.69, 9.17) is 9.79 Å². The third kappa shape index (κ3) is 34.7. The van der Waals surface area contributed by atoms with E-state index in [2.05, 4.69) is 23.7 Å². The molecule has 7 nitrogen and oxygen atoms in total. The van der Waals surface area contributed by atoms with Crippen LogP contribution >= 0.6 is 7.82 Å². The molecule has 1 amide bonds. The van der Waals surface area contributed by atoms with Gasteiger partial charge in [-0.1, -0.05) is 194 Å². The zero-order chi connectivity index (χ0) is 33.3. The van der Waals surface area contributed by atoms with Gasteiger partial charge in [-0.25, -0.2) is 4.57 Å². The van der Waals surface area contributed by atoms with E-state index >= 15 is 0 Å². The van der Waals surface area contributed by atoms with E-state index in [1.165, 1.54) is 148 Å². The van der Waals surface area contributed by atoms with Gasteiger partial charge in [-0.2, -0.15) is 0 Å². The Labute approximate surface area is 279 Å². The van der Waals surface area contributed by atoms with Crippen LogP contribution in [-0.4, -0.2) is 39.6 Å². The first-order chi connectivity index (χ1) is 21.8. The van der Waals surface area contributed by atoms with Gasteiger partial charge in [-0.05, 0) is 12.8 Å². The summed E-state index contributed by atoms with van der Waals surface area (Å²) in [6.45, 7) is 4.12. The number of phosphoric acid groups is 1. The van der Waals surface area contributed by atoms with Gasteiger partial charge in [0.05, 0.1) is 18.8 Å². The summed E-state index contributed by atoms with van der Waals surface area (Å²) in [6.07, 6.45) is 36.5. The first-order valence-corrected chi connectivity index (χ1v) is 21.0. The minimum atomic E-state index is -4.68. The second-order valence-corrected chi connectivity index (χ2v) is 14.9. The fraction of sp³-hybridized carbons (Fsp3) is 0.973. The number of aliphatic hydroxyl groups excluding tert-OH is 1. The maximum atomic E-state index is 12.5. The summed E-state index contributed by atoms with van der Waals surface area (Å²) in [7, 11) is -4.68. The number of rotatable bonds is 36. The molecule has 0 heterocycles. The van der Waals surface area contributed by atoms with Gasteiger partial charge in [0, 0.05) is 6.42 Å². The molecule has 4 N–H and O–H groups in total. The molecule has 0 aliphatic rings. The van der Waals surface area contributed by atoms with Gasteiger partial charge in [0.25, 0.3) is 0 Å². The topological polar surface area (TPSA) is 116 Å². The lowest BCUT2D eigenvalue weighted by molar-refractivity contribution is -0.123. The predicted molar refractivity (Wildman–Crippen MR) is 190 cm³/mol. The summed E-state index contributed by atoms with van der Waals surface area (Å²) in [5.41, 5.74) is 0. The van der Waals surface area contributed by atoms with Gasteiger partial charge in [0.2, 0.25) is 5.91 Å². The number of hydrogen-bond acceptors (Lipinski definition) is 4. The fourth-order valence-corrected chi connectivity index (χ4v) is 6.47. The number of amides is 1. The van der Waals surface area contributed by atoms with Gasteiger partial charge in [0.1, 0.15) is 0 Å². The maximum Gasteiger partial charge on any atom is 0.469 e. The minimum Gasteiger partial charge on any atom is -0.391 e. The average molecular weight is 662 g/mol. The zero-order valence-corrected chi connectivity index (χ0v) is 30.7. The van der Waals surface area contributed by atoms with Crippen LogP contribution < -0.4 is 5.32 Å². The van der Waals surface area contributed by atoms with Crippen LogP contribution in [0.5, 0.6) is 0 Å². The van der Waals surface area contributed by atoms with E-state index in [9.17, 15) is 14.5 Å². The number of nitrogens with one attached hydrogen (secondary N) is 1. The van der Waals surface area contributed by atoms with Crippen molar-refractivity contribution in [3.8, 4) is 0 Å². The zero-order valence-electron chi connectivity index (χ0n) is 29.8. The smallest absolute Gasteiger partial charge is 0.391 e. The molecular weight excluding hydrogens is 585 g/mol. The molecule has 0 aromatic carbocycles. The third-order valence-corrected chi connectivity index (χ3v) is 9.58. The Hall–Kier alpha value is -0.460. The van der Waals surface area contributed by atoms with Crippen LogP contribution in [0.15, 0.2) is 0 Å². The molecule has 0 saturated heterocycles. The van der Waals surface area contributed by atoms with Crippen LogP contribution in [0.2, 0.25) is 0 Å². The van der Waals surface area contributed by atoms with E-state index in [1.54, 1.807) is 0 Å². The summed E-state index contributed by atoms with van der Waals surface area (Å²) >= 11 is 0. The Balaban J connectivity index is 3.92. The summed E-state index contributed by atoms with van der Waals surface area (Å²) in [6, 6.07) is -0.816. The number of hydrogen-bond donors (Lipinski definition) is 4. The maximum absolute atomic E-state index is 12.5. The van der Waals surface area contributed by atoms with Crippen LogP contribution in [0.25, 0.3) is 0 Å². The summed E-state index contributed by atoms with van der Waals surface area (Å²) in [4.78, 5) is 30.8. The summed E-state index contributed by atoms with van der Waals surface area (Å²) in [5.74, 6) is -0.191. The van der Waals surface area contributed by atoms with E-state index in [-0.39, 0.29) is 5.91 Å². The highest BCUT2D eigenvalue weighted by Gasteiger charge is 2.25. The largest absolute Gasteiger partial charge is 0.469 e. The molecule has 2 atom stereocenters. The molecule has 0 bridgehead atoms. The molecular formula is C37H76NO6P. The molecule has 0 aliphatic heterocycles. The molecule has 8 heteroatoms. The number of aliphatic hydroxyl groups is 1. The van der Waals surface area contributed by atoms with Crippen molar-refractivity contribution >= 4 is 13.7 Å². The highest BCUT2D eigenvalue weighted by atomic mass is 31.2. The van der Waals surface area contributed by atoms with Crippen LogP contribution in [0, 0.1) is 0 Å². The highest BCUT2D eigenvalue weighted by Crippen LogP contribution is 2.36. The molecule has 0 rings (SSSR count). The van der Waals surface area contributed by atoms with E-state index in [1.807, 2.05) is 0 Å². The monoisotopic (exact) mass is 662 g/mol. The Morgan fingerprint density at radius 1 is 0.556 bits per heavy atom. The van der Waals surface area contributed by atoms with E-state index in [0.717, 1.165) is 38.5 Å². The molecule has 45 heavy (non-hydrogen) atoms. The Bertz CT molecular complexity index is 673. The number of carbonyl (C=O) groups excluding carboxylic acids is 1. The normalized spacial score (nSPS) is 13.3. The number of unbranched alkanes of at least 4 members (excludes halogenated alkanes) is 27. The number of carbonyl (C=O) groups is 1. The first-order valence-electron chi connectivity index (χ1n) is 19.5. The van der Waals surface area contributed by atoms with Crippen LogP contribution in [0.1, 0.15) is 213 Å². The van der Waals surface area contributed by atoms with Crippen molar-refractivity contribution in [2.24, 2.45) is 0 Å². The Morgan fingerprint density at radius 2 is 0.867 bits per heavy atom. The molecule has 0 aromatic heterocycles. The Morgan fingerprint density at radius 3 is 1.20 bits per heavy atom. The standard InChI is InChI=1S/C37H76NO6P/c1-3-5-7-9-11-13-15-17-18-19-21-22-24-26-28-30-32-36(39)35(34-44-45(41,42)43)38-37(40)33-31-29-27-25-23-20-16-14-12-10-8-6-4-2/h35-36,39H,3-34H2,1-2H3,(H,38,40)(H2,41,42,43)/t35-,36+/m0/s1. The van der Waals surface area contributed by atoms with Gasteiger partial charge in [0.15, 0.2) is 0 Å². The van der Waals surface area contributed by atoms with Crippen molar-refractivity contribution in [3.63, 3.8) is 0 Å². The molecule has 0 spiro atoms. The lowest BCUT2D eigenvalue weighted by atomic mass is 10.0. The molecule has 0 unspecified atom stereocenters. The van der Waals surface area contributed by atoms with Crippen LogP contribution in [0.4, 0.5) is 0 Å². The minimum absolute atomic E-state index is 0.191. The SMILES string of the molecule is CCCCCCCCCCCCCCCCCC[C@@H](O)[C@H](COP(=O)(O)O)NC(=O)CCCCCCCCCCCCCCC. The van der Waals surface area contributed by atoms with Crippen molar-refractivity contribution < 1.29 is 28.8 Å². The average Bonchev–Trinajstić information content (AvgIpc) is 3.00. The molecule has 270 valence electrons. The lowest BCUT2D eigenvalue weighted by Crippen LogP contribution is -2.46. The molecule has 0 aliphatic carbocycles. The predicted octanol–water partition coefficient (Wildman–Crippen LogP) is 11.1. The molecule has 0 radical (unpaired) electrons. The second kappa shape index (κ2) is 33.4.